The second-order valence-electron chi connectivity index (χ2n) is 11.5. The Balaban J connectivity index is 1.43. The first kappa shape index (κ1) is 31.7. The van der Waals surface area contributed by atoms with Crippen LogP contribution in [-0.2, 0) is 26.8 Å². The molecule has 6 rings (SSSR count). The number of fused-ring (bicyclic) bond motifs is 5. The van der Waals surface area contributed by atoms with Crippen molar-refractivity contribution in [3.05, 3.63) is 96.2 Å². The van der Waals surface area contributed by atoms with Gasteiger partial charge in [-0.25, -0.2) is 0 Å². The van der Waals surface area contributed by atoms with Crippen molar-refractivity contribution in [2.24, 2.45) is 0 Å². The highest BCUT2D eigenvalue weighted by atomic mass is 32.2. The van der Waals surface area contributed by atoms with E-state index in [1.165, 1.54) is 6.92 Å². The van der Waals surface area contributed by atoms with Crippen LogP contribution >= 0.6 is 0 Å². The topological polar surface area (TPSA) is 138 Å². The van der Waals surface area contributed by atoms with Crippen LogP contribution in [0.5, 0.6) is 5.75 Å². The third-order valence-electron chi connectivity index (χ3n) is 8.29. The van der Waals surface area contributed by atoms with Crippen LogP contribution in [0, 0.1) is 0 Å². The first-order valence-electron chi connectivity index (χ1n) is 15.1. The van der Waals surface area contributed by atoms with Gasteiger partial charge in [-0.3, -0.25) is 9.11 Å². The number of allylic oxidation sites excluding steroid dienone is 2. The summed E-state index contributed by atoms with van der Waals surface area (Å²) in [6.07, 6.45) is 4.70. The average Bonchev–Trinajstić information content (AvgIpc) is 3.53. The van der Waals surface area contributed by atoms with Crippen LogP contribution in [0.4, 0.5) is 5.69 Å². The number of rotatable bonds is 11. The lowest BCUT2D eigenvalue weighted by Crippen LogP contribution is -2.38. The van der Waals surface area contributed by atoms with Gasteiger partial charge in [0.2, 0.25) is 11.5 Å². The molecule has 0 saturated carbocycles. The minimum absolute atomic E-state index is 0.165. The minimum atomic E-state index is -4.22. The molecule has 1 atom stereocenters. The summed E-state index contributed by atoms with van der Waals surface area (Å²) in [6, 6.07) is 23.6. The van der Waals surface area contributed by atoms with Crippen LogP contribution in [0.15, 0.2) is 94.7 Å². The quantitative estimate of drug-likeness (QED) is 0.120. The molecule has 1 unspecified atom stereocenters. The van der Waals surface area contributed by atoms with E-state index >= 15 is 0 Å². The number of aryl methyl sites for hydroxylation is 1. The first-order valence-corrected chi connectivity index (χ1v) is 18.2. The second-order valence-corrected chi connectivity index (χ2v) is 14.9. The third kappa shape index (κ3) is 6.66. The standard InChI is InChI=1S/C34H34N2O8S2/c1-3-24(19-32-35(16-8-18-45(37,38)39)29-21-26-10-4-5-11-27(26)22-31(29)44-32)20-33-36(17-15-23(2)46(40,41)42)34-28-12-7-6-9-25(28)13-14-30(34)43-33/h4-7,9-14,19-23H,3,8,15-18H2,1-2H3,(H-,37,38,39,40,41,42)/p+1. The van der Waals surface area contributed by atoms with Crippen molar-refractivity contribution in [1.29, 1.82) is 0 Å². The van der Waals surface area contributed by atoms with Crippen LogP contribution in [0.3, 0.4) is 0 Å². The van der Waals surface area contributed by atoms with E-state index in [-0.39, 0.29) is 31.7 Å². The molecule has 46 heavy (non-hydrogen) atoms. The van der Waals surface area contributed by atoms with Gasteiger partial charge in [-0.2, -0.15) is 21.4 Å². The molecule has 0 radical (unpaired) electrons. The van der Waals surface area contributed by atoms with Crippen molar-refractivity contribution in [1.82, 2.24) is 0 Å². The molecule has 1 aliphatic heterocycles. The molecule has 2 heterocycles. The molecule has 2 N–H and O–H groups in total. The Bertz CT molecular complexity index is 2240. The highest BCUT2D eigenvalue weighted by molar-refractivity contribution is 7.86. The molecule has 1 aromatic heterocycles. The smallest absolute Gasteiger partial charge is 0.374 e. The average molecular weight is 664 g/mol. The van der Waals surface area contributed by atoms with Crippen LogP contribution < -0.4 is 14.2 Å². The molecule has 0 spiro atoms. The Hall–Kier alpha value is -4.23. The Morgan fingerprint density at radius 3 is 2.35 bits per heavy atom. The summed E-state index contributed by atoms with van der Waals surface area (Å²) in [6.45, 7) is 4.03. The monoisotopic (exact) mass is 663 g/mol. The molecular weight excluding hydrogens is 629 g/mol. The van der Waals surface area contributed by atoms with Gasteiger partial charge < -0.3 is 14.1 Å². The fourth-order valence-corrected chi connectivity index (χ4v) is 6.65. The summed E-state index contributed by atoms with van der Waals surface area (Å²) in [4.78, 5) is 1.91. The maximum absolute atomic E-state index is 11.8. The molecule has 0 saturated heterocycles. The van der Waals surface area contributed by atoms with Crippen molar-refractivity contribution in [3.63, 3.8) is 0 Å². The predicted octanol–water partition coefficient (Wildman–Crippen LogP) is 6.50. The van der Waals surface area contributed by atoms with Gasteiger partial charge in [0.1, 0.15) is 0 Å². The highest BCUT2D eigenvalue weighted by Crippen LogP contribution is 2.42. The Kier molecular flexibility index (Phi) is 8.64. The van der Waals surface area contributed by atoms with Gasteiger partial charge in [-0.15, -0.1) is 0 Å². The lowest BCUT2D eigenvalue weighted by atomic mass is 10.1. The molecule has 1 aliphatic rings. The van der Waals surface area contributed by atoms with Crippen LogP contribution in [0.25, 0.3) is 38.7 Å². The van der Waals surface area contributed by atoms with E-state index in [4.69, 9.17) is 9.15 Å². The van der Waals surface area contributed by atoms with Gasteiger partial charge in [0.15, 0.2) is 12.3 Å². The van der Waals surface area contributed by atoms with Crippen molar-refractivity contribution in [2.45, 2.75) is 44.9 Å². The van der Waals surface area contributed by atoms with Gasteiger partial charge in [-0.05, 0) is 65.8 Å². The number of hydrogen-bond acceptors (Lipinski definition) is 7. The van der Waals surface area contributed by atoms with Crippen LogP contribution in [0.2, 0.25) is 0 Å². The van der Waals surface area contributed by atoms with E-state index in [1.54, 1.807) is 0 Å². The van der Waals surface area contributed by atoms with Crippen molar-refractivity contribution in [2.75, 3.05) is 17.2 Å². The molecular formula is C34H35N2O8S2+. The largest absolute Gasteiger partial charge is 0.439 e. The Morgan fingerprint density at radius 1 is 0.957 bits per heavy atom. The van der Waals surface area contributed by atoms with E-state index in [1.807, 2.05) is 101 Å². The Labute approximate surface area is 267 Å². The number of anilines is 1. The van der Waals surface area contributed by atoms with Gasteiger partial charge in [0.05, 0.1) is 28.2 Å². The van der Waals surface area contributed by atoms with Crippen LogP contribution in [-0.4, -0.2) is 43.5 Å². The number of ether oxygens (including phenoxy) is 1. The molecule has 12 heteroatoms. The molecule has 4 aromatic carbocycles. The molecule has 0 amide bonds. The van der Waals surface area contributed by atoms with E-state index < -0.39 is 25.5 Å². The molecule has 0 aliphatic carbocycles. The zero-order valence-corrected chi connectivity index (χ0v) is 27.1. The zero-order valence-electron chi connectivity index (χ0n) is 25.5. The summed E-state index contributed by atoms with van der Waals surface area (Å²) in [5.41, 5.74) is 3.08. The summed E-state index contributed by atoms with van der Waals surface area (Å²) >= 11 is 0. The van der Waals surface area contributed by atoms with E-state index in [9.17, 15) is 25.9 Å². The lowest BCUT2D eigenvalue weighted by Gasteiger charge is -2.18. The van der Waals surface area contributed by atoms with E-state index in [0.29, 0.717) is 29.5 Å². The normalized spacial score (nSPS) is 15.6. The maximum Gasteiger partial charge on any atom is 0.374 e. The molecule has 5 aromatic rings. The third-order valence-corrected chi connectivity index (χ3v) is 10.3. The summed E-state index contributed by atoms with van der Waals surface area (Å²) in [5.74, 6) is 1.26. The van der Waals surface area contributed by atoms with Crippen molar-refractivity contribution < 1.29 is 39.7 Å². The van der Waals surface area contributed by atoms with Gasteiger partial charge in [-0.1, -0.05) is 55.5 Å². The first-order chi connectivity index (χ1) is 21.9. The number of benzene rings is 4. The lowest BCUT2D eigenvalue weighted by molar-refractivity contribution is -0.677. The molecule has 10 nitrogen and oxygen atoms in total. The zero-order chi connectivity index (χ0) is 32.6. The molecule has 0 bridgehead atoms. The SMILES string of the molecule is CCC(=Cc1oc2ccc3ccccc3c2[n+]1CCC(C)S(=O)(=O)O)C=C1Oc2cc3ccccc3cc2N1CCCS(=O)(=O)O. The number of nitrogens with zero attached hydrogens (tertiary/aromatic N) is 2. The summed E-state index contributed by atoms with van der Waals surface area (Å²) < 4.78 is 80.3. The van der Waals surface area contributed by atoms with E-state index in [2.05, 4.69) is 0 Å². The predicted molar refractivity (Wildman–Crippen MR) is 179 cm³/mol. The highest BCUT2D eigenvalue weighted by Gasteiger charge is 2.29. The van der Waals surface area contributed by atoms with Gasteiger partial charge >= 0.3 is 5.89 Å². The number of oxazole rings is 1. The molecule has 240 valence electrons. The number of aromatic nitrogens is 1. The van der Waals surface area contributed by atoms with Gasteiger partial charge in [0.25, 0.3) is 25.8 Å². The Morgan fingerprint density at radius 2 is 1.65 bits per heavy atom. The fraction of sp³-hybridized carbons (Fsp3) is 0.265. The fourth-order valence-electron chi connectivity index (χ4n) is 5.76. The molecule has 0 fully saturated rings. The minimum Gasteiger partial charge on any atom is -0.439 e. The van der Waals surface area contributed by atoms with Gasteiger partial charge in [0, 0.05) is 19.0 Å². The van der Waals surface area contributed by atoms with Crippen molar-refractivity contribution >= 4 is 64.6 Å². The summed E-state index contributed by atoms with van der Waals surface area (Å²) in [7, 11) is -8.35. The van der Waals surface area contributed by atoms with Crippen molar-refractivity contribution in [3.8, 4) is 5.75 Å². The maximum atomic E-state index is 11.8. The second kappa shape index (κ2) is 12.5. The van der Waals surface area contributed by atoms with Crippen LogP contribution in [0.1, 0.15) is 39.0 Å². The summed E-state index contributed by atoms with van der Waals surface area (Å²) in [5, 5.41) is 2.99. The van der Waals surface area contributed by atoms with E-state index in [0.717, 1.165) is 38.3 Å². The number of hydrogen-bond donors (Lipinski definition) is 2.